The number of nitrogens with one attached hydrogen (secondary N) is 1. The molecule has 0 spiro atoms. The quantitative estimate of drug-likeness (QED) is 0.457. The Bertz CT molecular complexity index is 1060. The summed E-state index contributed by atoms with van der Waals surface area (Å²) in [6, 6.07) is 12.0. The number of rotatable bonds is 5. The number of hydrogen-bond acceptors (Lipinski definition) is 6. The molecule has 0 atom stereocenters. The number of thiazole rings is 1. The van der Waals surface area contributed by atoms with Gasteiger partial charge in [0, 0.05) is 33.2 Å². The minimum absolute atomic E-state index is 0.401. The molecule has 7 heteroatoms. The number of nitrogens with zero attached hydrogens (tertiary/aromatic N) is 3. The van der Waals surface area contributed by atoms with Crippen molar-refractivity contribution in [3.05, 3.63) is 69.9 Å². The standard InChI is InChI=1S/C19H15BrN4OS/c1-12-11-26-19(23-12)24-18-16(8-15(20)9-22-18)25-10-14-5-2-4-13-6-3-7-21-17(13)14/h2-9,11H,10H2,1H3,(H,22,23,24). The van der Waals surface area contributed by atoms with Crippen LogP contribution >= 0.6 is 27.3 Å². The van der Waals surface area contributed by atoms with Crippen LogP contribution in [0.4, 0.5) is 10.9 Å². The summed E-state index contributed by atoms with van der Waals surface area (Å²) in [6.07, 6.45) is 3.53. The molecule has 0 aliphatic rings. The first-order chi connectivity index (χ1) is 12.7. The molecule has 0 amide bonds. The molecule has 0 aliphatic heterocycles. The first kappa shape index (κ1) is 16.9. The summed E-state index contributed by atoms with van der Waals surface area (Å²) in [7, 11) is 0. The molecule has 0 saturated carbocycles. The van der Waals surface area contributed by atoms with Gasteiger partial charge in [0.2, 0.25) is 0 Å². The summed E-state index contributed by atoms with van der Waals surface area (Å²) in [4.78, 5) is 13.3. The molecule has 0 radical (unpaired) electrons. The zero-order valence-corrected chi connectivity index (χ0v) is 16.3. The second kappa shape index (κ2) is 7.39. The van der Waals surface area contributed by atoms with Crippen LogP contribution in [0.5, 0.6) is 5.75 Å². The lowest BCUT2D eigenvalue weighted by molar-refractivity contribution is 0.308. The van der Waals surface area contributed by atoms with Gasteiger partial charge in [-0.1, -0.05) is 24.3 Å². The molecule has 3 heterocycles. The highest BCUT2D eigenvalue weighted by molar-refractivity contribution is 9.10. The zero-order valence-electron chi connectivity index (χ0n) is 13.9. The highest BCUT2D eigenvalue weighted by Crippen LogP contribution is 2.30. The van der Waals surface area contributed by atoms with Crippen molar-refractivity contribution in [2.45, 2.75) is 13.5 Å². The van der Waals surface area contributed by atoms with Gasteiger partial charge in [-0.2, -0.15) is 0 Å². The van der Waals surface area contributed by atoms with Crippen LogP contribution in [-0.4, -0.2) is 15.0 Å². The maximum atomic E-state index is 6.07. The number of fused-ring (bicyclic) bond motifs is 1. The molecule has 4 rings (SSSR count). The smallest absolute Gasteiger partial charge is 0.188 e. The van der Waals surface area contributed by atoms with Crippen molar-refractivity contribution in [1.82, 2.24) is 15.0 Å². The summed E-state index contributed by atoms with van der Waals surface area (Å²) < 4.78 is 6.92. The second-order valence-electron chi connectivity index (χ2n) is 5.70. The minimum atomic E-state index is 0.401. The highest BCUT2D eigenvalue weighted by atomic mass is 79.9. The largest absolute Gasteiger partial charge is 0.485 e. The van der Waals surface area contributed by atoms with Crippen molar-refractivity contribution >= 4 is 49.1 Å². The highest BCUT2D eigenvalue weighted by Gasteiger charge is 2.10. The molecule has 3 aromatic heterocycles. The molecule has 1 aromatic carbocycles. The van der Waals surface area contributed by atoms with Gasteiger partial charge in [0.15, 0.2) is 16.7 Å². The van der Waals surface area contributed by atoms with E-state index < -0.39 is 0 Å². The Labute approximate surface area is 163 Å². The number of ether oxygens (including phenoxy) is 1. The fourth-order valence-electron chi connectivity index (χ4n) is 2.58. The van der Waals surface area contributed by atoms with Gasteiger partial charge < -0.3 is 10.1 Å². The number of hydrogen-bond donors (Lipinski definition) is 1. The number of aryl methyl sites for hydroxylation is 1. The van der Waals surface area contributed by atoms with Crippen molar-refractivity contribution in [3.8, 4) is 5.75 Å². The Kier molecular flexibility index (Phi) is 4.81. The molecule has 130 valence electrons. The van der Waals surface area contributed by atoms with Gasteiger partial charge in [-0.05, 0) is 35.0 Å². The molecular weight excluding hydrogens is 412 g/mol. The molecular formula is C19H15BrN4OS. The van der Waals surface area contributed by atoms with Gasteiger partial charge in [0.1, 0.15) is 6.61 Å². The molecule has 0 unspecified atom stereocenters. The van der Waals surface area contributed by atoms with Crippen LogP contribution in [0.25, 0.3) is 10.9 Å². The normalized spacial score (nSPS) is 10.8. The minimum Gasteiger partial charge on any atom is -0.485 e. The summed E-state index contributed by atoms with van der Waals surface area (Å²) in [5.74, 6) is 1.29. The number of halogens is 1. The predicted molar refractivity (Wildman–Crippen MR) is 108 cm³/mol. The lowest BCUT2D eigenvalue weighted by Crippen LogP contribution is -2.02. The Morgan fingerprint density at radius 3 is 2.92 bits per heavy atom. The SMILES string of the molecule is Cc1csc(Nc2ncc(Br)cc2OCc2cccc3cccnc23)n1. The molecule has 0 bridgehead atoms. The first-order valence-electron chi connectivity index (χ1n) is 7.99. The monoisotopic (exact) mass is 426 g/mol. The molecule has 0 saturated heterocycles. The lowest BCUT2D eigenvalue weighted by Gasteiger charge is -2.12. The molecule has 0 aliphatic carbocycles. The third kappa shape index (κ3) is 3.68. The van der Waals surface area contributed by atoms with Gasteiger partial charge in [0.05, 0.1) is 11.2 Å². The van der Waals surface area contributed by atoms with Gasteiger partial charge in [0.25, 0.3) is 0 Å². The van der Waals surface area contributed by atoms with E-state index in [1.54, 1.807) is 12.4 Å². The van der Waals surface area contributed by atoms with Gasteiger partial charge in [-0.25, -0.2) is 9.97 Å². The molecule has 0 fully saturated rings. The van der Waals surface area contributed by atoms with Gasteiger partial charge in [-0.3, -0.25) is 4.98 Å². The van der Waals surface area contributed by atoms with Gasteiger partial charge >= 0.3 is 0 Å². The number of anilines is 2. The van der Waals surface area contributed by atoms with Crippen LogP contribution in [0, 0.1) is 6.92 Å². The van der Waals surface area contributed by atoms with Crippen molar-refractivity contribution < 1.29 is 4.74 Å². The maximum absolute atomic E-state index is 6.07. The third-order valence-electron chi connectivity index (χ3n) is 3.76. The van der Waals surface area contributed by atoms with Crippen LogP contribution in [0.3, 0.4) is 0 Å². The molecule has 5 nitrogen and oxygen atoms in total. The van der Waals surface area contributed by atoms with Crippen molar-refractivity contribution in [2.24, 2.45) is 0 Å². The summed E-state index contributed by atoms with van der Waals surface area (Å²) in [6.45, 7) is 2.36. The summed E-state index contributed by atoms with van der Waals surface area (Å²) in [5.41, 5.74) is 2.95. The van der Waals surface area contributed by atoms with E-state index in [2.05, 4.69) is 36.2 Å². The van der Waals surface area contributed by atoms with Crippen LogP contribution in [0.15, 0.2) is 58.6 Å². The number of para-hydroxylation sites is 1. The average Bonchev–Trinajstić information content (AvgIpc) is 3.06. The number of aromatic nitrogens is 3. The van der Waals surface area contributed by atoms with Crippen LogP contribution < -0.4 is 10.1 Å². The van der Waals surface area contributed by atoms with E-state index in [0.717, 1.165) is 31.8 Å². The fraction of sp³-hybridized carbons (Fsp3) is 0.105. The van der Waals surface area contributed by atoms with Crippen molar-refractivity contribution in [2.75, 3.05) is 5.32 Å². The van der Waals surface area contributed by atoms with E-state index in [4.69, 9.17) is 4.74 Å². The second-order valence-corrected chi connectivity index (χ2v) is 7.47. The fourth-order valence-corrected chi connectivity index (χ4v) is 3.57. The van der Waals surface area contributed by atoms with Crippen LogP contribution in [0.2, 0.25) is 0 Å². The molecule has 26 heavy (non-hydrogen) atoms. The maximum Gasteiger partial charge on any atom is 0.188 e. The van der Waals surface area contributed by atoms with E-state index in [0.29, 0.717) is 18.2 Å². The van der Waals surface area contributed by atoms with E-state index in [9.17, 15) is 0 Å². The van der Waals surface area contributed by atoms with Gasteiger partial charge in [-0.15, -0.1) is 11.3 Å². The Hall–Kier alpha value is -2.51. The summed E-state index contributed by atoms with van der Waals surface area (Å²) in [5, 5.41) is 7.10. The number of pyridine rings is 2. The predicted octanol–water partition coefficient (Wildman–Crippen LogP) is 5.48. The van der Waals surface area contributed by atoms with E-state index in [1.807, 2.05) is 48.7 Å². The third-order valence-corrected chi connectivity index (χ3v) is 5.07. The molecule has 4 aromatic rings. The summed E-state index contributed by atoms with van der Waals surface area (Å²) >= 11 is 4.99. The number of benzene rings is 1. The van der Waals surface area contributed by atoms with E-state index in [-0.39, 0.29) is 0 Å². The Balaban J connectivity index is 1.60. The van der Waals surface area contributed by atoms with Crippen LogP contribution in [-0.2, 0) is 6.61 Å². The Morgan fingerprint density at radius 2 is 2.08 bits per heavy atom. The lowest BCUT2D eigenvalue weighted by atomic mass is 10.1. The van der Waals surface area contributed by atoms with E-state index >= 15 is 0 Å². The van der Waals surface area contributed by atoms with Crippen molar-refractivity contribution in [3.63, 3.8) is 0 Å². The average molecular weight is 427 g/mol. The zero-order chi connectivity index (χ0) is 17.9. The molecule has 1 N–H and O–H groups in total. The van der Waals surface area contributed by atoms with Crippen molar-refractivity contribution in [1.29, 1.82) is 0 Å². The van der Waals surface area contributed by atoms with Crippen LogP contribution in [0.1, 0.15) is 11.3 Å². The Morgan fingerprint density at radius 1 is 1.19 bits per heavy atom. The van der Waals surface area contributed by atoms with E-state index in [1.165, 1.54) is 11.3 Å². The first-order valence-corrected chi connectivity index (χ1v) is 9.66. The topological polar surface area (TPSA) is 59.9 Å².